The Morgan fingerprint density at radius 1 is 1.23 bits per heavy atom. The Balaban J connectivity index is 2.01. The van der Waals surface area contributed by atoms with Gasteiger partial charge in [0.05, 0.1) is 12.2 Å². The van der Waals surface area contributed by atoms with Crippen LogP contribution in [0.15, 0.2) is 24.3 Å². The summed E-state index contributed by atoms with van der Waals surface area (Å²) < 4.78 is 42.4. The number of nitrogens with zero attached hydrogens (tertiary/aromatic N) is 2. The van der Waals surface area contributed by atoms with Crippen molar-refractivity contribution >= 4 is 41.2 Å². The number of alkyl halides is 3. The van der Waals surface area contributed by atoms with E-state index in [0.717, 1.165) is 11.8 Å². The summed E-state index contributed by atoms with van der Waals surface area (Å²) in [5, 5.41) is 7.02. The van der Waals surface area contributed by atoms with Crippen LogP contribution < -0.4 is 5.32 Å². The van der Waals surface area contributed by atoms with Gasteiger partial charge in [-0.2, -0.15) is 18.3 Å². The van der Waals surface area contributed by atoms with E-state index in [0.29, 0.717) is 33.4 Å². The number of carbonyl (C=O) groups is 2. The van der Waals surface area contributed by atoms with E-state index in [9.17, 15) is 22.8 Å². The third-order valence-electron chi connectivity index (χ3n) is 4.02. The third kappa shape index (κ3) is 6.77. The van der Waals surface area contributed by atoms with Crippen LogP contribution in [-0.2, 0) is 20.9 Å². The Bertz CT molecular complexity index is 952. The topological polar surface area (TPSA) is 73.2 Å². The number of carbonyl (C=O) groups excluding carboxylic acids is 2. The summed E-state index contributed by atoms with van der Waals surface area (Å²) in [5.74, 6) is -1.93. The summed E-state index contributed by atoms with van der Waals surface area (Å²) >= 11 is 12.4. The Kier molecular flexibility index (Phi) is 7.91. The number of aromatic nitrogens is 2. The van der Waals surface area contributed by atoms with Gasteiger partial charge in [-0.05, 0) is 32.1 Å². The number of hydrogen-bond donors (Lipinski definition) is 1. The number of hydrogen-bond acceptors (Lipinski definition) is 4. The number of benzene rings is 1. The van der Waals surface area contributed by atoms with E-state index in [1.165, 1.54) is 6.08 Å². The van der Waals surface area contributed by atoms with E-state index in [1.807, 2.05) is 0 Å². The van der Waals surface area contributed by atoms with Gasteiger partial charge in [-0.3, -0.25) is 9.48 Å². The fourth-order valence-electron chi connectivity index (χ4n) is 2.53. The molecule has 0 bridgehead atoms. The summed E-state index contributed by atoms with van der Waals surface area (Å²) in [6.07, 6.45) is -2.01. The average molecular weight is 464 g/mol. The molecule has 1 aromatic heterocycles. The van der Waals surface area contributed by atoms with Crippen molar-refractivity contribution in [3.05, 3.63) is 56.8 Å². The van der Waals surface area contributed by atoms with Gasteiger partial charge in [-0.15, -0.1) is 0 Å². The van der Waals surface area contributed by atoms with Gasteiger partial charge in [0.2, 0.25) is 0 Å². The van der Waals surface area contributed by atoms with E-state index in [4.69, 9.17) is 23.2 Å². The van der Waals surface area contributed by atoms with Crippen molar-refractivity contribution in [2.24, 2.45) is 0 Å². The molecule has 30 heavy (non-hydrogen) atoms. The van der Waals surface area contributed by atoms with Crippen LogP contribution in [0.2, 0.25) is 10.0 Å². The quantitative estimate of drug-likeness (QED) is 0.495. The zero-order valence-electron chi connectivity index (χ0n) is 16.0. The molecule has 1 amide bonds. The highest BCUT2D eigenvalue weighted by Crippen LogP contribution is 2.26. The first kappa shape index (κ1) is 23.8. The van der Waals surface area contributed by atoms with E-state index >= 15 is 0 Å². The molecule has 0 saturated carbocycles. The second kappa shape index (κ2) is 9.99. The Morgan fingerprint density at radius 2 is 1.87 bits per heavy atom. The van der Waals surface area contributed by atoms with Crippen molar-refractivity contribution < 1.29 is 27.5 Å². The van der Waals surface area contributed by atoms with Gasteiger partial charge >= 0.3 is 12.1 Å². The molecule has 0 saturated heterocycles. The number of aryl methyl sites for hydroxylation is 1. The van der Waals surface area contributed by atoms with Crippen LogP contribution in [0.25, 0.3) is 6.08 Å². The predicted molar refractivity (Wildman–Crippen MR) is 106 cm³/mol. The van der Waals surface area contributed by atoms with Crippen molar-refractivity contribution in [3.8, 4) is 0 Å². The van der Waals surface area contributed by atoms with Gasteiger partial charge in [0.25, 0.3) is 5.91 Å². The average Bonchev–Trinajstić information content (AvgIpc) is 2.92. The number of halogens is 5. The number of ether oxygens (including phenoxy) is 1. The first-order valence-electron chi connectivity index (χ1n) is 8.63. The monoisotopic (exact) mass is 463 g/mol. The van der Waals surface area contributed by atoms with Gasteiger partial charge in [0.15, 0.2) is 6.61 Å². The van der Waals surface area contributed by atoms with E-state index in [-0.39, 0.29) is 0 Å². The van der Waals surface area contributed by atoms with Crippen LogP contribution in [0.5, 0.6) is 0 Å². The van der Waals surface area contributed by atoms with Gasteiger partial charge < -0.3 is 10.1 Å². The molecular weight excluding hydrogens is 446 g/mol. The van der Waals surface area contributed by atoms with Gasteiger partial charge in [-0.25, -0.2) is 4.79 Å². The molecule has 2 aromatic rings. The standard InChI is InChI=1S/C19H18Cl2F3N3O3/c1-11-13(6-7-18(29)30-9-17(28)25-10-19(22,23)24)12(2)27(26-11)8-14-15(20)4-3-5-16(14)21/h3-7H,8-10H2,1-2H3,(H,25,28)/b7-6+. The predicted octanol–water partition coefficient (Wildman–Crippen LogP) is 4.09. The first-order valence-corrected chi connectivity index (χ1v) is 9.38. The van der Waals surface area contributed by atoms with Gasteiger partial charge in [-0.1, -0.05) is 29.3 Å². The Morgan fingerprint density at radius 3 is 2.47 bits per heavy atom. The minimum absolute atomic E-state index is 0.322. The number of rotatable bonds is 7. The fourth-order valence-corrected chi connectivity index (χ4v) is 3.04. The Labute approximate surface area is 180 Å². The highest BCUT2D eigenvalue weighted by atomic mass is 35.5. The maximum atomic E-state index is 12.0. The lowest BCUT2D eigenvalue weighted by atomic mass is 10.1. The molecule has 0 atom stereocenters. The molecule has 1 N–H and O–H groups in total. The molecule has 162 valence electrons. The molecule has 0 unspecified atom stereocenters. The van der Waals surface area contributed by atoms with Crippen molar-refractivity contribution in [1.82, 2.24) is 15.1 Å². The normalized spacial score (nSPS) is 11.7. The van der Waals surface area contributed by atoms with Crippen molar-refractivity contribution in [2.45, 2.75) is 26.6 Å². The molecule has 0 radical (unpaired) electrons. The molecule has 0 aliphatic rings. The van der Waals surface area contributed by atoms with Gasteiger partial charge in [0, 0.05) is 32.9 Å². The zero-order chi connectivity index (χ0) is 22.5. The first-order chi connectivity index (χ1) is 14.0. The Hall–Kier alpha value is -2.52. The molecule has 6 nitrogen and oxygen atoms in total. The summed E-state index contributed by atoms with van der Waals surface area (Å²) in [4.78, 5) is 23.0. The van der Waals surface area contributed by atoms with E-state index in [1.54, 1.807) is 42.0 Å². The maximum absolute atomic E-state index is 12.0. The minimum Gasteiger partial charge on any atom is -0.452 e. The zero-order valence-corrected chi connectivity index (χ0v) is 17.5. The molecule has 1 heterocycles. The second-order valence-corrected chi connectivity index (χ2v) is 7.09. The minimum atomic E-state index is -4.54. The lowest BCUT2D eigenvalue weighted by Crippen LogP contribution is -2.36. The van der Waals surface area contributed by atoms with Crippen molar-refractivity contribution in [1.29, 1.82) is 0 Å². The summed E-state index contributed by atoms with van der Waals surface area (Å²) in [6.45, 7) is 1.55. The number of amides is 1. The lowest BCUT2D eigenvalue weighted by molar-refractivity contribution is -0.148. The van der Waals surface area contributed by atoms with Crippen LogP contribution in [-0.4, -0.2) is 41.0 Å². The van der Waals surface area contributed by atoms with Crippen LogP contribution in [0.1, 0.15) is 22.5 Å². The highest BCUT2D eigenvalue weighted by molar-refractivity contribution is 6.35. The number of nitrogens with one attached hydrogen (secondary N) is 1. The fraction of sp³-hybridized carbons (Fsp3) is 0.316. The van der Waals surface area contributed by atoms with E-state index < -0.39 is 31.2 Å². The lowest BCUT2D eigenvalue weighted by Gasteiger charge is -2.09. The van der Waals surface area contributed by atoms with Gasteiger partial charge in [0.1, 0.15) is 6.54 Å². The molecule has 1 aromatic carbocycles. The molecule has 0 aliphatic heterocycles. The van der Waals surface area contributed by atoms with Crippen LogP contribution in [0.3, 0.4) is 0 Å². The smallest absolute Gasteiger partial charge is 0.405 e. The molecule has 0 aliphatic carbocycles. The highest BCUT2D eigenvalue weighted by Gasteiger charge is 2.27. The summed E-state index contributed by atoms with van der Waals surface area (Å²) in [7, 11) is 0. The third-order valence-corrected chi connectivity index (χ3v) is 4.73. The summed E-state index contributed by atoms with van der Waals surface area (Å²) in [5.41, 5.74) is 2.71. The van der Waals surface area contributed by atoms with Crippen molar-refractivity contribution in [2.75, 3.05) is 13.2 Å². The largest absolute Gasteiger partial charge is 0.452 e. The number of esters is 1. The summed E-state index contributed by atoms with van der Waals surface area (Å²) in [6, 6.07) is 5.17. The molecule has 0 spiro atoms. The van der Waals surface area contributed by atoms with Crippen molar-refractivity contribution in [3.63, 3.8) is 0 Å². The second-order valence-electron chi connectivity index (χ2n) is 6.28. The van der Waals surface area contributed by atoms with Crippen LogP contribution >= 0.6 is 23.2 Å². The SMILES string of the molecule is Cc1nn(Cc2c(Cl)cccc2Cl)c(C)c1/C=C/C(=O)OCC(=O)NCC(F)(F)F. The molecule has 11 heteroatoms. The van der Waals surface area contributed by atoms with Crippen LogP contribution in [0, 0.1) is 13.8 Å². The molecule has 2 rings (SSSR count). The van der Waals surface area contributed by atoms with Crippen LogP contribution in [0.4, 0.5) is 13.2 Å². The molecular formula is C19H18Cl2F3N3O3. The van der Waals surface area contributed by atoms with E-state index in [2.05, 4.69) is 9.84 Å². The maximum Gasteiger partial charge on any atom is 0.405 e. The molecule has 0 fully saturated rings.